The normalized spacial score (nSPS) is 22.4. The van der Waals surface area contributed by atoms with E-state index in [1.165, 1.54) is 0 Å². The van der Waals surface area contributed by atoms with Gasteiger partial charge in [0.1, 0.15) is 0 Å². The van der Waals surface area contributed by atoms with Crippen molar-refractivity contribution < 1.29 is 18.3 Å². The van der Waals surface area contributed by atoms with Gasteiger partial charge in [-0.25, -0.2) is 8.42 Å². The molecule has 1 saturated heterocycles. The average Bonchev–Trinajstić information content (AvgIpc) is 2.76. The second-order valence-electron chi connectivity index (χ2n) is 5.20. The van der Waals surface area contributed by atoms with Crippen molar-refractivity contribution in [1.82, 2.24) is 5.32 Å². The number of aliphatic hydroxyl groups is 1. The van der Waals surface area contributed by atoms with Crippen LogP contribution in [0.5, 0.6) is 0 Å². The molecule has 0 saturated carbocycles. The number of hydrogen-bond donors (Lipinski definition) is 2. The summed E-state index contributed by atoms with van der Waals surface area (Å²) in [6.07, 6.45) is 0.0185. The predicted molar refractivity (Wildman–Crippen MR) is 75.8 cm³/mol. The minimum absolute atomic E-state index is 0.0890. The summed E-state index contributed by atoms with van der Waals surface area (Å²) in [5, 5.41) is 12.6. The molecule has 0 radical (unpaired) electrons. The summed E-state index contributed by atoms with van der Waals surface area (Å²) in [5.41, 5.74) is 0.747. The van der Waals surface area contributed by atoms with Crippen LogP contribution >= 0.6 is 0 Å². The van der Waals surface area contributed by atoms with Crippen molar-refractivity contribution >= 4 is 15.7 Å². The lowest BCUT2D eigenvalue weighted by molar-refractivity contribution is -0.122. The van der Waals surface area contributed by atoms with E-state index in [4.69, 9.17) is 0 Å². The fourth-order valence-corrected chi connectivity index (χ4v) is 4.23. The van der Waals surface area contributed by atoms with E-state index in [0.29, 0.717) is 6.42 Å². The molecule has 2 N–H and O–H groups in total. The Morgan fingerprint density at radius 1 is 1.35 bits per heavy atom. The fraction of sp³-hybridized carbons (Fsp3) is 0.500. The minimum atomic E-state index is -2.94. The van der Waals surface area contributed by atoms with Gasteiger partial charge in [-0.15, -0.1) is 0 Å². The maximum Gasteiger partial charge on any atom is 0.220 e. The van der Waals surface area contributed by atoms with Crippen LogP contribution in [-0.2, 0) is 14.6 Å². The highest BCUT2D eigenvalue weighted by Crippen LogP contribution is 2.21. The number of benzene rings is 1. The Labute approximate surface area is 118 Å². The molecular formula is C14H19NO4S. The summed E-state index contributed by atoms with van der Waals surface area (Å²) in [5.74, 6) is -0.0184. The van der Waals surface area contributed by atoms with Crippen molar-refractivity contribution in [3.8, 4) is 0 Å². The molecule has 0 bridgehead atoms. The highest BCUT2D eigenvalue weighted by molar-refractivity contribution is 7.91. The first kappa shape index (κ1) is 15.0. The third kappa shape index (κ3) is 4.31. The van der Waals surface area contributed by atoms with Crippen LogP contribution in [0.4, 0.5) is 0 Å². The molecule has 2 rings (SSSR count). The number of carbonyl (C=O) groups excluding carboxylic acids is 1. The zero-order valence-corrected chi connectivity index (χ0v) is 12.0. The Morgan fingerprint density at radius 3 is 2.65 bits per heavy atom. The van der Waals surface area contributed by atoms with Crippen LogP contribution in [0.15, 0.2) is 30.3 Å². The zero-order valence-electron chi connectivity index (χ0n) is 11.2. The monoisotopic (exact) mass is 297 g/mol. The largest absolute Gasteiger partial charge is 0.387 e. The van der Waals surface area contributed by atoms with Crippen molar-refractivity contribution in [1.29, 1.82) is 0 Å². The summed E-state index contributed by atoms with van der Waals surface area (Å²) in [6, 6.07) is 9.09. The molecule has 2 unspecified atom stereocenters. The van der Waals surface area contributed by atoms with Gasteiger partial charge in [-0.3, -0.25) is 4.79 Å². The van der Waals surface area contributed by atoms with E-state index in [-0.39, 0.29) is 36.3 Å². The minimum Gasteiger partial charge on any atom is -0.387 e. The maximum absolute atomic E-state index is 11.7. The highest BCUT2D eigenvalue weighted by Gasteiger charge is 2.29. The van der Waals surface area contributed by atoms with E-state index in [1.807, 2.05) is 18.2 Å². The number of aliphatic hydroxyl groups excluding tert-OH is 1. The van der Waals surface area contributed by atoms with Gasteiger partial charge in [-0.2, -0.15) is 0 Å². The van der Waals surface area contributed by atoms with Gasteiger partial charge in [0, 0.05) is 13.0 Å². The Kier molecular flexibility index (Phi) is 4.77. The van der Waals surface area contributed by atoms with Crippen LogP contribution in [0.2, 0.25) is 0 Å². The van der Waals surface area contributed by atoms with Crippen molar-refractivity contribution in [2.24, 2.45) is 5.92 Å². The summed E-state index contributed by atoms with van der Waals surface area (Å²) in [6.45, 7) is 0.141. The summed E-state index contributed by atoms with van der Waals surface area (Å²) in [4.78, 5) is 11.7. The lowest BCUT2D eigenvalue weighted by Gasteiger charge is -2.13. The molecule has 1 aromatic rings. The van der Waals surface area contributed by atoms with E-state index >= 15 is 0 Å². The quantitative estimate of drug-likeness (QED) is 0.836. The summed E-state index contributed by atoms with van der Waals surface area (Å²) >= 11 is 0. The Hall–Kier alpha value is -1.40. The molecular weight excluding hydrogens is 278 g/mol. The molecule has 0 aliphatic carbocycles. The molecule has 6 heteroatoms. The van der Waals surface area contributed by atoms with Crippen LogP contribution in [0, 0.1) is 5.92 Å². The fourth-order valence-electron chi connectivity index (χ4n) is 2.37. The van der Waals surface area contributed by atoms with E-state index in [2.05, 4.69) is 5.32 Å². The van der Waals surface area contributed by atoms with Crippen molar-refractivity contribution in [2.75, 3.05) is 18.1 Å². The number of hydrogen-bond acceptors (Lipinski definition) is 4. The van der Waals surface area contributed by atoms with E-state index < -0.39 is 15.9 Å². The topological polar surface area (TPSA) is 83.5 Å². The van der Waals surface area contributed by atoms with Crippen LogP contribution in [0.25, 0.3) is 0 Å². The Balaban J connectivity index is 1.76. The van der Waals surface area contributed by atoms with E-state index in [0.717, 1.165) is 5.56 Å². The average molecular weight is 297 g/mol. The number of rotatable bonds is 5. The van der Waals surface area contributed by atoms with Gasteiger partial charge in [-0.05, 0) is 17.9 Å². The van der Waals surface area contributed by atoms with Gasteiger partial charge < -0.3 is 10.4 Å². The zero-order chi connectivity index (χ0) is 14.6. The van der Waals surface area contributed by atoms with Crippen LogP contribution < -0.4 is 5.32 Å². The Morgan fingerprint density at radius 2 is 2.05 bits per heavy atom. The molecule has 0 spiro atoms. The summed E-state index contributed by atoms with van der Waals surface area (Å²) in [7, 11) is -2.94. The summed E-state index contributed by atoms with van der Waals surface area (Å²) < 4.78 is 22.6. The smallest absolute Gasteiger partial charge is 0.220 e. The first-order valence-electron chi connectivity index (χ1n) is 6.66. The van der Waals surface area contributed by atoms with Gasteiger partial charge >= 0.3 is 0 Å². The molecule has 5 nitrogen and oxygen atoms in total. The van der Waals surface area contributed by atoms with Crippen LogP contribution in [-0.4, -0.2) is 37.5 Å². The Bertz CT molecular complexity index is 556. The second kappa shape index (κ2) is 6.37. The SMILES string of the molecule is O=C(CC1CCS(=O)(=O)C1)NCC(O)c1ccccc1. The van der Waals surface area contributed by atoms with Gasteiger partial charge in [0.05, 0.1) is 17.6 Å². The van der Waals surface area contributed by atoms with Gasteiger partial charge in [0.2, 0.25) is 5.91 Å². The first-order valence-corrected chi connectivity index (χ1v) is 8.48. The predicted octanol–water partition coefficient (Wildman–Crippen LogP) is 0.661. The molecule has 1 aromatic carbocycles. The lowest BCUT2D eigenvalue weighted by Crippen LogP contribution is -2.30. The van der Waals surface area contributed by atoms with E-state index in [1.54, 1.807) is 12.1 Å². The molecule has 20 heavy (non-hydrogen) atoms. The molecule has 2 atom stereocenters. The van der Waals surface area contributed by atoms with Gasteiger partial charge in [0.15, 0.2) is 9.84 Å². The number of carbonyl (C=O) groups is 1. The van der Waals surface area contributed by atoms with E-state index in [9.17, 15) is 18.3 Å². The maximum atomic E-state index is 11.7. The highest BCUT2D eigenvalue weighted by atomic mass is 32.2. The molecule has 1 aliphatic heterocycles. The van der Waals surface area contributed by atoms with Crippen LogP contribution in [0.3, 0.4) is 0 Å². The van der Waals surface area contributed by atoms with Crippen molar-refractivity contribution in [3.63, 3.8) is 0 Å². The molecule has 1 aliphatic rings. The van der Waals surface area contributed by atoms with Gasteiger partial charge in [-0.1, -0.05) is 30.3 Å². The lowest BCUT2D eigenvalue weighted by atomic mass is 10.0. The number of sulfone groups is 1. The standard InChI is InChI=1S/C14H19NO4S/c16-13(12-4-2-1-3-5-12)9-15-14(17)8-11-6-7-20(18,19)10-11/h1-5,11,13,16H,6-10H2,(H,15,17). The third-order valence-corrected chi connectivity index (χ3v) is 5.31. The first-order chi connectivity index (χ1) is 9.46. The van der Waals surface area contributed by atoms with Crippen molar-refractivity contribution in [3.05, 3.63) is 35.9 Å². The molecule has 1 fully saturated rings. The molecule has 1 heterocycles. The third-order valence-electron chi connectivity index (χ3n) is 3.48. The molecule has 110 valence electrons. The number of amides is 1. The number of nitrogens with one attached hydrogen (secondary N) is 1. The molecule has 1 amide bonds. The van der Waals surface area contributed by atoms with Crippen LogP contribution in [0.1, 0.15) is 24.5 Å². The van der Waals surface area contributed by atoms with Gasteiger partial charge in [0.25, 0.3) is 0 Å². The molecule has 0 aromatic heterocycles. The van der Waals surface area contributed by atoms with Crippen molar-refractivity contribution in [2.45, 2.75) is 18.9 Å². The second-order valence-corrected chi connectivity index (χ2v) is 7.43.